The molecule has 3 rings (SSSR count). The summed E-state index contributed by atoms with van der Waals surface area (Å²) in [5, 5.41) is 4.28. The Kier molecular flexibility index (Phi) is 4.88. The van der Waals surface area contributed by atoms with E-state index in [9.17, 15) is 4.79 Å². The van der Waals surface area contributed by atoms with Crippen LogP contribution in [0.15, 0.2) is 52.9 Å². The molecule has 0 unspecified atom stereocenters. The highest BCUT2D eigenvalue weighted by Crippen LogP contribution is 2.23. The highest BCUT2D eigenvalue weighted by Gasteiger charge is 2.12. The standard InChI is InChI=1S/C19H19ClN2O2/c1-22(2)10-9-13-3-6-16(7-4-13)21-19(23)18-12-14-11-15(20)5-8-17(14)24-18/h3-8,11-12H,9-10H2,1-2H3,(H,21,23). The monoisotopic (exact) mass is 342 g/mol. The normalized spacial score (nSPS) is 11.2. The number of hydrogen-bond donors (Lipinski definition) is 1. The van der Waals surface area contributed by atoms with Crippen LogP contribution in [-0.4, -0.2) is 31.4 Å². The van der Waals surface area contributed by atoms with E-state index < -0.39 is 0 Å². The molecule has 1 N–H and O–H groups in total. The van der Waals surface area contributed by atoms with Gasteiger partial charge in [-0.05, 0) is 62.5 Å². The van der Waals surface area contributed by atoms with Crippen molar-refractivity contribution in [2.24, 2.45) is 0 Å². The van der Waals surface area contributed by atoms with Gasteiger partial charge in [-0.25, -0.2) is 0 Å². The lowest BCUT2D eigenvalue weighted by Gasteiger charge is -2.09. The largest absolute Gasteiger partial charge is 0.451 e. The fraction of sp³-hybridized carbons (Fsp3) is 0.211. The molecule has 0 aliphatic heterocycles. The third kappa shape index (κ3) is 3.96. The quantitative estimate of drug-likeness (QED) is 0.745. The molecule has 0 atom stereocenters. The van der Waals surface area contributed by atoms with Crippen molar-refractivity contribution >= 4 is 34.2 Å². The average Bonchev–Trinajstić information content (AvgIpc) is 2.97. The summed E-state index contributed by atoms with van der Waals surface area (Å²) in [5.74, 6) is -0.00712. The number of likely N-dealkylation sites (N-methyl/N-ethyl adjacent to an activating group) is 1. The summed E-state index contributed by atoms with van der Waals surface area (Å²) in [6.45, 7) is 0.993. The molecule has 0 aliphatic carbocycles. The average molecular weight is 343 g/mol. The van der Waals surface area contributed by atoms with Gasteiger partial charge in [-0.2, -0.15) is 0 Å². The van der Waals surface area contributed by atoms with Gasteiger partial charge in [0.2, 0.25) is 0 Å². The van der Waals surface area contributed by atoms with Crippen LogP contribution in [0.25, 0.3) is 11.0 Å². The van der Waals surface area contributed by atoms with Gasteiger partial charge in [0.15, 0.2) is 5.76 Å². The van der Waals surface area contributed by atoms with E-state index in [4.69, 9.17) is 16.0 Å². The number of amides is 1. The minimum Gasteiger partial charge on any atom is -0.451 e. The Balaban J connectivity index is 1.69. The second-order valence-electron chi connectivity index (χ2n) is 6.00. The Morgan fingerprint density at radius 3 is 2.58 bits per heavy atom. The fourth-order valence-corrected chi connectivity index (χ4v) is 2.61. The molecule has 24 heavy (non-hydrogen) atoms. The molecule has 0 aliphatic rings. The zero-order valence-corrected chi connectivity index (χ0v) is 14.4. The van der Waals surface area contributed by atoms with Crippen LogP contribution in [0.5, 0.6) is 0 Å². The molecular formula is C19H19ClN2O2. The Bertz CT molecular complexity index is 853. The number of nitrogens with one attached hydrogen (secondary N) is 1. The molecular weight excluding hydrogens is 324 g/mol. The van der Waals surface area contributed by atoms with Crippen LogP contribution in [-0.2, 0) is 6.42 Å². The molecule has 0 bridgehead atoms. The molecule has 0 radical (unpaired) electrons. The highest BCUT2D eigenvalue weighted by molar-refractivity contribution is 6.31. The third-order valence-electron chi connectivity index (χ3n) is 3.76. The van der Waals surface area contributed by atoms with Gasteiger partial charge < -0.3 is 14.6 Å². The maximum atomic E-state index is 12.3. The molecule has 5 heteroatoms. The number of benzene rings is 2. The van der Waals surface area contributed by atoms with Gasteiger partial charge in [0.05, 0.1) is 0 Å². The van der Waals surface area contributed by atoms with Crippen molar-refractivity contribution in [2.45, 2.75) is 6.42 Å². The van der Waals surface area contributed by atoms with Crippen molar-refractivity contribution in [1.82, 2.24) is 4.90 Å². The predicted molar refractivity (Wildman–Crippen MR) is 97.9 cm³/mol. The summed E-state index contributed by atoms with van der Waals surface area (Å²) in [7, 11) is 4.10. The number of carbonyl (C=O) groups excluding carboxylic acids is 1. The van der Waals surface area contributed by atoms with Gasteiger partial charge in [-0.3, -0.25) is 4.79 Å². The molecule has 124 valence electrons. The number of fused-ring (bicyclic) bond motifs is 1. The van der Waals surface area contributed by atoms with Crippen LogP contribution in [0.2, 0.25) is 5.02 Å². The fourth-order valence-electron chi connectivity index (χ4n) is 2.43. The zero-order valence-electron chi connectivity index (χ0n) is 13.7. The number of anilines is 1. The minimum atomic E-state index is -0.275. The van der Waals surface area contributed by atoms with E-state index >= 15 is 0 Å². The van der Waals surface area contributed by atoms with Crippen molar-refractivity contribution in [3.05, 3.63) is 64.9 Å². The predicted octanol–water partition coefficient (Wildman–Crippen LogP) is 4.44. The molecule has 2 aromatic carbocycles. The number of nitrogens with zero attached hydrogens (tertiary/aromatic N) is 1. The lowest BCUT2D eigenvalue weighted by atomic mass is 10.1. The van der Waals surface area contributed by atoms with Crippen molar-refractivity contribution in [3.8, 4) is 0 Å². The summed E-state index contributed by atoms with van der Waals surface area (Å²) < 4.78 is 5.57. The summed E-state index contributed by atoms with van der Waals surface area (Å²) in [6, 6.07) is 14.8. The van der Waals surface area contributed by atoms with Crippen molar-refractivity contribution in [2.75, 3.05) is 26.0 Å². The van der Waals surface area contributed by atoms with Gasteiger partial charge in [0.25, 0.3) is 5.91 Å². The van der Waals surface area contributed by atoms with Crippen LogP contribution in [0.4, 0.5) is 5.69 Å². The smallest absolute Gasteiger partial charge is 0.291 e. The summed E-state index contributed by atoms with van der Waals surface area (Å²) in [5.41, 5.74) is 2.62. The molecule has 1 heterocycles. The first-order chi connectivity index (χ1) is 11.5. The van der Waals surface area contributed by atoms with Crippen LogP contribution in [0.3, 0.4) is 0 Å². The van der Waals surface area contributed by atoms with Crippen LogP contribution < -0.4 is 5.32 Å². The first-order valence-corrected chi connectivity index (χ1v) is 8.13. The van der Waals surface area contributed by atoms with Gasteiger partial charge in [-0.1, -0.05) is 23.7 Å². The molecule has 1 aromatic heterocycles. The number of halogens is 1. The second-order valence-corrected chi connectivity index (χ2v) is 6.43. The Morgan fingerprint density at radius 2 is 1.88 bits per heavy atom. The number of rotatable bonds is 5. The Labute approximate surface area is 146 Å². The SMILES string of the molecule is CN(C)CCc1ccc(NC(=O)c2cc3cc(Cl)ccc3o2)cc1. The summed E-state index contributed by atoms with van der Waals surface area (Å²) >= 11 is 5.95. The van der Waals surface area contributed by atoms with E-state index in [1.54, 1.807) is 24.3 Å². The maximum absolute atomic E-state index is 12.3. The van der Waals surface area contributed by atoms with Gasteiger partial charge in [-0.15, -0.1) is 0 Å². The van der Waals surface area contributed by atoms with Crippen LogP contribution in [0.1, 0.15) is 16.1 Å². The molecule has 4 nitrogen and oxygen atoms in total. The minimum absolute atomic E-state index is 0.268. The molecule has 0 saturated heterocycles. The van der Waals surface area contributed by atoms with Crippen molar-refractivity contribution in [1.29, 1.82) is 0 Å². The summed E-state index contributed by atoms with van der Waals surface area (Å²) in [4.78, 5) is 14.5. The van der Waals surface area contributed by atoms with Crippen molar-refractivity contribution < 1.29 is 9.21 Å². The number of carbonyl (C=O) groups is 1. The maximum Gasteiger partial charge on any atom is 0.291 e. The van der Waals surface area contributed by atoms with Crippen LogP contribution >= 0.6 is 11.6 Å². The van der Waals surface area contributed by atoms with E-state index in [0.29, 0.717) is 10.6 Å². The first-order valence-electron chi connectivity index (χ1n) is 7.75. The van der Waals surface area contributed by atoms with E-state index in [1.807, 2.05) is 24.3 Å². The highest BCUT2D eigenvalue weighted by atomic mass is 35.5. The lowest BCUT2D eigenvalue weighted by Crippen LogP contribution is -2.15. The Morgan fingerprint density at radius 1 is 1.12 bits per heavy atom. The van der Waals surface area contributed by atoms with E-state index in [-0.39, 0.29) is 11.7 Å². The van der Waals surface area contributed by atoms with Gasteiger partial charge in [0.1, 0.15) is 5.58 Å². The number of hydrogen-bond acceptors (Lipinski definition) is 3. The second kappa shape index (κ2) is 7.07. The molecule has 0 fully saturated rings. The van der Waals surface area contributed by atoms with Gasteiger partial charge >= 0.3 is 0 Å². The topological polar surface area (TPSA) is 45.5 Å². The Hall–Kier alpha value is -2.30. The molecule has 0 saturated carbocycles. The van der Waals surface area contributed by atoms with E-state index in [2.05, 4.69) is 24.3 Å². The van der Waals surface area contributed by atoms with E-state index in [0.717, 1.165) is 24.0 Å². The summed E-state index contributed by atoms with van der Waals surface area (Å²) in [6.07, 6.45) is 0.978. The van der Waals surface area contributed by atoms with Crippen molar-refractivity contribution in [3.63, 3.8) is 0 Å². The van der Waals surface area contributed by atoms with Gasteiger partial charge in [0, 0.05) is 22.6 Å². The molecule has 1 amide bonds. The van der Waals surface area contributed by atoms with Crippen LogP contribution in [0, 0.1) is 0 Å². The number of furan rings is 1. The molecule has 0 spiro atoms. The lowest BCUT2D eigenvalue weighted by molar-refractivity contribution is 0.0998. The zero-order chi connectivity index (χ0) is 17.1. The third-order valence-corrected chi connectivity index (χ3v) is 4.00. The first kappa shape index (κ1) is 16.6. The molecule has 3 aromatic rings. The van der Waals surface area contributed by atoms with E-state index in [1.165, 1.54) is 5.56 Å².